The molecule has 0 fully saturated rings. The van der Waals surface area contributed by atoms with E-state index in [0.717, 1.165) is 11.3 Å². The van der Waals surface area contributed by atoms with Gasteiger partial charge in [0.15, 0.2) is 0 Å². The lowest BCUT2D eigenvalue weighted by Crippen LogP contribution is -2.27. The van der Waals surface area contributed by atoms with Crippen molar-refractivity contribution >= 4 is 11.6 Å². The van der Waals surface area contributed by atoms with E-state index in [4.69, 9.17) is 22.4 Å². The monoisotopic (exact) mass is 200 g/mol. The molecule has 0 aliphatic rings. The number of aryl methyl sites for hydroxylation is 1. The van der Waals surface area contributed by atoms with Gasteiger partial charge in [-0.2, -0.15) is 0 Å². The summed E-state index contributed by atoms with van der Waals surface area (Å²) in [4.78, 5) is 4.09. The summed E-state index contributed by atoms with van der Waals surface area (Å²) in [6.45, 7) is 1.84. The van der Waals surface area contributed by atoms with Crippen LogP contribution in [-0.4, -0.2) is 22.7 Å². The first kappa shape index (κ1) is 10.4. The molecule has 1 heterocycles. The van der Waals surface area contributed by atoms with E-state index in [-0.39, 0.29) is 12.6 Å². The normalized spacial score (nSPS) is 12.9. The van der Waals surface area contributed by atoms with Gasteiger partial charge in [-0.25, -0.2) is 4.98 Å². The molecule has 0 aliphatic heterocycles. The van der Waals surface area contributed by atoms with Crippen LogP contribution in [0.25, 0.3) is 0 Å². The fourth-order valence-electron chi connectivity index (χ4n) is 1.05. The van der Waals surface area contributed by atoms with Crippen molar-refractivity contribution in [1.82, 2.24) is 4.98 Å². The van der Waals surface area contributed by atoms with Crippen LogP contribution < -0.4 is 5.73 Å². The highest BCUT2D eigenvalue weighted by molar-refractivity contribution is 6.30. The third-order valence-corrected chi connectivity index (χ3v) is 2.11. The largest absolute Gasteiger partial charge is 0.395 e. The minimum Gasteiger partial charge on any atom is -0.395 e. The number of nitrogens with two attached hydrogens (primary N) is 1. The molecular formula is C9H13ClN2O. The second-order valence-electron chi connectivity index (χ2n) is 3.05. The van der Waals surface area contributed by atoms with E-state index in [2.05, 4.69) is 4.98 Å². The predicted octanol–water partition coefficient (Wildman–Crippen LogP) is 0.906. The molecule has 0 bridgehead atoms. The average molecular weight is 201 g/mol. The third kappa shape index (κ3) is 2.95. The molecule has 4 heteroatoms. The quantitative estimate of drug-likeness (QED) is 0.713. The van der Waals surface area contributed by atoms with E-state index in [1.165, 1.54) is 0 Å². The molecule has 0 spiro atoms. The van der Waals surface area contributed by atoms with E-state index >= 15 is 0 Å². The summed E-state index contributed by atoms with van der Waals surface area (Å²) >= 11 is 5.88. The van der Waals surface area contributed by atoms with Crippen LogP contribution in [0.2, 0.25) is 5.15 Å². The van der Waals surface area contributed by atoms with Gasteiger partial charge in [-0.1, -0.05) is 17.7 Å². The zero-order chi connectivity index (χ0) is 9.84. The fourth-order valence-corrected chi connectivity index (χ4v) is 1.33. The van der Waals surface area contributed by atoms with Gasteiger partial charge in [0.25, 0.3) is 0 Å². The zero-order valence-corrected chi connectivity index (χ0v) is 8.25. The Kier molecular flexibility index (Phi) is 3.66. The van der Waals surface area contributed by atoms with Gasteiger partial charge < -0.3 is 10.8 Å². The molecular weight excluding hydrogens is 188 g/mol. The molecule has 1 atom stereocenters. The Bertz CT molecular complexity index is 291. The van der Waals surface area contributed by atoms with Gasteiger partial charge in [0.1, 0.15) is 5.15 Å². The zero-order valence-electron chi connectivity index (χ0n) is 7.50. The van der Waals surface area contributed by atoms with Crippen LogP contribution in [0.4, 0.5) is 0 Å². The molecule has 1 rings (SSSR count). The first-order valence-corrected chi connectivity index (χ1v) is 4.49. The summed E-state index contributed by atoms with van der Waals surface area (Å²) in [6, 6.07) is 3.51. The van der Waals surface area contributed by atoms with E-state index in [1.807, 2.05) is 19.1 Å². The summed E-state index contributed by atoms with van der Waals surface area (Å²) in [5.41, 5.74) is 7.34. The van der Waals surface area contributed by atoms with E-state index in [9.17, 15) is 0 Å². The SMILES string of the molecule is Cc1ccc(CC(N)CO)c(Cl)n1. The maximum absolute atomic E-state index is 8.75. The minimum absolute atomic E-state index is 0.0375. The highest BCUT2D eigenvalue weighted by Crippen LogP contribution is 2.14. The summed E-state index contributed by atoms with van der Waals surface area (Å²) in [6.07, 6.45) is 0.558. The van der Waals surface area contributed by atoms with Crippen LogP contribution in [0.1, 0.15) is 11.3 Å². The number of aliphatic hydroxyl groups excluding tert-OH is 1. The summed E-state index contributed by atoms with van der Waals surface area (Å²) < 4.78 is 0. The van der Waals surface area contributed by atoms with Gasteiger partial charge >= 0.3 is 0 Å². The van der Waals surface area contributed by atoms with Crippen molar-refractivity contribution in [3.8, 4) is 0 Å². The number of nitrogens with zero attached hydrogens (tertiary/aromatic N) is 1. The van der Waals surface area contributed by atoms with Crippen LogP contribution >= 0.6 is 11.6 Å². The molecule has 0 aromatic carbocycles. The number of aliphatic hydroxyl groups is 1. The van der Waals surface area contributed by atoms with Crippen molar-refractivity contribution in [1.29, 1.82) is 0 Å². The molecule has 0 saturated carbocycles. The second kappa shape index (κ2) is 4.56. The van der Waals surface area contributed by atoms with E-state index in [0.29, 0.717) is 11.6 Å². The van der Waals surface area contributed by atoms with Crippen molar-refractivity contribution < 1.29 is 5.11 Å². The highest BCUT2D eigenvalue weighted by Gasteiger charge is 2.06. The topological polar surface area (TPSA) is 59.1 Å². The van der Waals surface area contributed by atoms with Crippen LogP contribution in [-0.2, 0) is 6.42 Å². The van der Waals surface area contributed by atoms with Crippen LogP contribution in [0, 0.1) is 6.92 Å². The predicted molar refractivity (Wildman–Crippen MR) is 52.7 cm³/mol. The molecule has 0 saturated heterocycles. The fraction of sp³-hybridized carbons (Fsp3) is 0.444. The van der Waals surface area contributed by atoms with Crippen molar-refractivity contribution in [2.45, 2.75) is 19.4 Å². The Hall–Kier alpha value is -0.640. The lowest BCUT2D eigenvalue weighted by atomic mass is 10.1. The van der Waals surface area contributed by atoms with Crippen molar-refractivity contribution in [2.24, 2.45) is 5.73 Å². The highest BCUT2D eigenvalue weighted by atomic mass is 35.5. The Morgan fingerprint density at radius 1 is 1.62 bits per heavy atom. The van der Waals surface area contributed by atoms with Gasteiger partial charge in [-0.05, 0) is 25.0 Å². The summed E-state index contributed by atoms with van der Waals surface area (Å²) in [5, 5.41) is 9.23. The van der Waals surface area contributed by atoms with Gasteiger partial charge in [0, 0.05) is 11.7 Å². The Balaban J connectivity index is 2.77. The van der Waals surface area contributed by atoms with Crippen LogP contribution in [0.5, 0.6) is 0 Å². The molecule has 0 amide bonds. The number of halogens is 1. The first-order valence-electron chi connectivity index (χ1n) is 4.12. The lowest BCUT2D eigenvalue weighted by molar-refractivity contribution is 0.265. The number of aromatic nitrogens is 1. The lowest BCUT2D eigenvalue weighted by Gasteiger charge is -2.09. The Morgan fingerprint density at radius 3 is 2.85 bits per heavy atom. The van der Waals surface area contributed by atoms with Crippen LogP contribution in [0.3, 0.4) is 0 Å². The van der Waals surface area contributed by atoms with Gasteiger partial charge in [0.05, 0.1) is 6.61 Å². The third-order valence-electron chi connectivity index (χ3n) is 1.78. The number of hydrogen-bond donors (Lipinski definition) is 2. The Labute approximate surface area is 82.5 Å². The number of pyridine rings is 1. The first-order chi connectivity index (χ1) is 6.13. The standard InChI is InChI=1S/C9H13ClN2O/c1-6-2-3-7(9(10)12-6)4-8(11)5-13/h2-3,8,13H,4-5,11H2,1H3. The minimum atomic E-state index is -0.262. The molecule has 1 aromatic rings. The molecule has 0 radical (unpaired) electrons. The maximum Gasteiger partial charge on any atom is 0.132 e. The molecule has 1 unspecified atom stereocenters. The second-order valence-corrected chi connectivity index (χ2v) is 3.41. The van der Waals surface area contributed by atoms with Gasteiger partial charge in [0.2, 0.25) is 0 Å². The van der Waals surface area contributed by atoms with Crippen molar-refractivity contribution in [3.63, 3.8) is 0 Å². The van der Waals surface area contributed by atoms with Gasteiger partial charge in [-0.3, -0.25) is 0 Å². The molecule has 13 heavy (non-hydrogen) atoms. The van der Waals surface area contributed by atoms with E-state index in [1.54, 1.807) is 0 Å². The molecule has 72 valence electrons. The van der Waals surface area contributed by atoms with Crippen LogP contribution in [0.15, 0.2) is 12.1 Å². The average Bonchev–Trinajstić information content (AvgIpc) is 2.09. The molecule has 3 nitrogen and oxygen atoms in total. The smallest absolute Gasteiger partial charge is 0.132 e. The number of rotatable bonds is 3. The molecule has 1 aromatic heterocycles. The molecule has 3 N–H and O–H groups in total. The van der Waals surface area contributed by atoms with Gasteiger partial charge in [-0.15, -0.1) is 0 Å². The Morgan fingerprint density at radius 2 is 2.31 bits per heavy atom. The van der Waals surface area contributed by atoms with Crippen molar-refractivity contribution in [3.05, 3.63) is 28.5 Å². The van der Waals surface area contributed by atoms with Crippen molar-refractivity contribution in [2.75, 3.05) is 6.61 Å². The summed E-state index contributed by atoms with van der Waals surface area (Å²) in [5.74, 6) is 0. The molecule has 0 aliphatic carbocycles. The van der Waals surface area contributed by atoms with E-state index < -0.39 is 0 Å². The number of hydrogen-bond acceptors (Lipinski definition) is 3. The summed E-state index contributed by atoms with van der Waals surface area (Å²) in [7, 11) is 0. The maximum atomic E-state index is 8.75.